The van der Waals surface area contributed by atoms with Gasteiger partial charge in [-0.25, -0.2) is 0 Å². The van der Waals surface area contributed by atoms with Crippen molar-refractivity contribution in [3.05, 3.63) is 35.9 Å². The Morgan fingerprint density at radius 2 is 1.79 bits per heavy atom. The summed E-state index contributed by atoms with van der Waals surface area (Å²) in [6.45, 7) is 0.997. The van der Waals surface area contributed by atoms with Gasteiger partial charge in [-0.15, -0.1) is 12.4 Å². The Labute approximate surface area is 153 Å². The standard InChI is InChI=1S/C17H21N3O2S.ClH/c1-20-10-6-5-9-13(20)11-17(12-7-3-2-4-8-12)14(21)18-16(23)19-15(17)22;/h2-4,7-8,13H,5-6,9-11H2,1H3,(H2,18,19,21,22,23);1H. The summed E-state index contributed by atoms with van der Waals surface area (Å²) in [7, 11) is 2.06. The number of halogens is 1. The van der Waals surface area contributed by atoms with E-state index in [1.54, 1.807) is 0 Å². The molecule has 0 radical (unpaired) electrons. The fraction of sp³-hybridized carbons (Fsp3) is 0.471. The Hall–Kier alpha value is -1.50. The Kier molecular flexibility index (Phi) is 5.96. The summed E-state index contributed by atoms with van der Waals surface area (Å²) in [4.78, 5) is 27.9. The van der Waals surface area contributed by atoms with E-state index in [0.717, 1.165) is 31.4 Å². The summed E-state index contributed by atoms with van der Waals surface area (Å²) in [5.74, 6) is -0.646. The minimum atomic E-state index is -1.22. The number of likely N-dealkylation sites (tertiary alicyclic amines) is 1. The zero-order valence-corrected chi connectivity index (χ0v) is 15.2. The normalized spacial score (nSPS) is 23.9. The number of piperidine rings is 1. The molecule has 2 heterocycles. The molecule has 1 aromatic carbocycles. The largest absolute Gasteiger partial charge is 0.303 e. The quantitative estimate of drug-likeness (QED) is 0.631. The highest BCUT2D eigenvalue weighted by Gasteiger charge is 2.52. The molecule has 0 aliphatic carbocycles. The summed E-state index contributed by atoms with van der Waals surface area (Å²) < 4.78 is 0. The van der Waals surface area contributed by atoms with Crippen molar-refractivity contribution in [2.75, 3.05) is 13.6 Å². The maximum atomic E-state index is 12.8. The van der Waals surface area contributed by atoms with Crippen LogP contribution in [0.25, 0.3) is 0 Å². The van der Waals surface area contributed by atoms with Gasteiger partial charge in [-0.2, -0.15) is 0 Å². The molecule has 0 bridgehead atoms. The summed E-state index contributed by atoms with van der Waals surface area (Å²) >= 11 is 4.97. The summed E-state index contributed by atoms with van der Waals surface area (Å²) in [6, 6.07) is 9.48. The van der Waals surface area contributed by atoms with Gasteiger partial charge in [0.15, 0.2) is 10.5 Å². The average molecular weight is 368 g/mol. The number of rotatable bonds is 3. The van der Waals surface area contributed by atoms with Crippen LogP contribution in [-0.4, -0.2) is 41.5 Å². The first-order valence-corrected chi connectivity index (χ1v) is 8.37. The first-order chi connectivity index (χ1) is 11.0. The molecule has 2 aliphatic rings. The van der Waals surface area contributed by atoms with Crippen LogP contribution in [0.2, 0.25) is 0 Å². The Balaban J connectivity index is 0.00000208. The molecule has 2 saturated heterocycles. The van der Waals surface area contributed by atoms with Crippen molar-refractivity contribution in [2.45, 2.75) is 37.1 Å². The molecule has 2 fully saturated rings. The van der Waals surface area contributed by atoms with Gasteiger partial charge in [-0.1, -0.05) is 36.8 Å². The molecule has 130 valence electrons. The number of carbonyl (C=O) groups excluding carboxylic acids is 2. The molecule has 2 amide bonds. The monoisotopic (exact) mass is 367 g/mol. The van der Waals surface area contributed by atoms with E-state index in [9.17, 15) is 9.59 Å². The van der Waals surface area contributed by atoms with Crippen molar-refractivity contribution in [1.82, 2.24) is 15.5 Å². The van der Waals surface area contributed by atoms with Gasteiger partial charge in [-0.3, -0.25) is 9.59 Å². The lowest BCUT2D eigenvalue weighted by Gasteiger charge is -2.41. The van der Waals surface area contributed by atoms with Gasteiger partial charge < -0.3 is 15.5 Å². The fourth-order valence-electron chi connectivity index (χ4n) is 3.60. The number of nitrogens with one attached hydrogen (secondary N) is 2. The second-order valence-electron chi connectivity index (χ2n) is 6.34. The van der Waals surface area contributed by atoms with Crippen LogP contribution < -0.4 is 10.6 Å². The minimum Gasteiger partial charge on any atom is -0.303 e. The lowest BCUT2D eigenvalue weighted by molar-refractivity contribution is -0.139. The van der Waals surface area contributed by atoms with Gasteiger partial charge in [-0.05, 0) is 50.6 Å². The highest BCUT2D eigenvalue weighted by atomic mass is 35.5. The van der Waals surface area contributed by atoms with E-state index in [1.165, 1.54) is 0 Å². The van der Waals surface area contributed by atoms with Crippen molar-refractivity contribution in [1.29, 1.82) is 0 Å². The van der Waals surface area contributed by atoms with Crippen molar-refractivity contribution in [3.8, 4) is 0 Å². The number of thiocarbonyl (C=S) groups is 1. The molecule has 0 saturated carbocycles. The van der Waals surface area contributed by atoms with E-state index in [2.05, 4.69) is 22.6 Å². The van der Waals surface area contributed by atoms with Gasteiger partial charge in [0.05, 0.1) is 0 Å². The van der Waals surface area contributed by atoms with Gasteiger partial charge >= 0.3 is 0 Å². The third kappa shape index (κ3) is 3.31. The molecule has 2 N–H and O–H groups in total. The van der Waals surface area contributed by atoms with Crippen LogP contribution in [0.3, 0.4) is 0 Å². The molecule has 1 unspecified atom stereocenters. The second-order valence-corrected chi connectivity index (χ2v) is 6.75. The number of hydrogen-bond donors (Lipinski definition) is 2. The lowest BCUT2D eigenvalue weighted by Crippen LogP contribution is -2.66. The van der Waals surface area contributed by atoms with Crippen molar-refractivity contribution in [3.63, 3.8) is 0 Å². The molecule has 1 aromatic rings. The lowest BCUT2D eigenvalue weighted by atomic mass is 9.71. The Morgan fingerprint density at radius 1 is 1.17 bits per heavy atom. The molecule has 2 aliphatic heterocycles. The smallest absolute Gasteiger partial charge is 0.246 e. The summed E-state index contributed by atoms with van der Waals surface area (Å²) in [5.41, 5.74) is -0.503. The van der Waals surface area contributed by atoms with E-state index in [4.69, 9.17) is 12.2 Å². The van der Waals surface area contributed by atoms with Gasteiger partial charge in [0.25, 0.3) is 0 Å². The van der Waals surface area contributed by atoms with E-state index >= 15 is 0 Å². The molecule has 24 heavy (non-hydrogen) atoms. The third-order valence-corrected chi connectivity index (χ3v) is 5.16. The molecule has 5 nitrogen and oxygen atoms in total. The zero-order valence-electron chi connectivity index (χ0n) is 13.6. The average Bonchev–Trinajstić information content (AvgIpc) is 2.53. The zero-order chi connectivity index (χ0) is 16.4. The molecular formula is C17H22ClN3O2S. The van der Waals surface area contributed by atoms with Crippen molar-refractivity contribution in [2.24, 2.45) is 0 Å². The number of amides is 2. The van der Waals surface area contributed by atoms with Crippen LogP contribution in [0, 0.1) is 0 Å². The molecule has 3 rings (SSSR count). The van der Waals surface area contributed by atoms with E-state index in [1.807, 2.05) is 30.3 Å². The molecular weight excluding hydrogens is 346 g/mol. The van der Waals surface area contributed by atoms with Crippen LogP contribution in [0.4, 0.5) is 0 Å². The highest BCUT2D eigenvalue weighted by Crippen LogP contribution is 2.35. The van der Waals surface area contributed by atoms with Crippen LogP contribution >= 0.6 is 24.6 Å². The number of hydrogen-bond acceptors (Lipinski definition) is 4. The Bertz CT molecular complexity index is 618. The second kappa shape index (κ2) is 7.59. The Morgan fingerprint density at radius 3 is 2.38 bits per heavy atom. The highest BCUT2D eigenvalue weighted by molar-refractivity contribution is 7.80. The maximum Gasteiger partial charge on any atom is 0.246 e. The van der Waals surface area contributed by atoms with Crippen LogP contribution in [0.1, 0.15) is 31.2 Å². The van der Waals surface area contributed by atoms with Gasteiger partial charge in [0.1, 0.15) is 0 Å². The number of carbonyl (C=O) groups is 2. The third-order valence-electron chi connectivity index (χ3n) is 4.96. The summed E-state index contributed by atoms with van der Waals surface area (Å²) in [5, 5.41) is 5.38. The molecule has 0 spiro atoms. The van der Waals surface area contributed by atoms with Gasteiger partial charge in [0.2, 0.25) is 11.8 Å². The summed E-state index contributed by atoms with van der Waals surface area (Å²) in [6.07, 6.45) is 3.75. The number of benzene rings is 1. The topological polar surface area (TPSA) is 61.4 Å². The predicted molar refractivity (Wildman–Crippen MR) is 99.1 cm³/mol. The first-order valence-electron chi connectivity index (χ1n) is 7.96. The van der Waals surface area contributed by atoms with E-state index in [0.29, 0.717) is 6.42 Å². The van der Waals surface area contributed by atoms with Gasteiger partial charge in [0, 0.05) is 6.04 Å². The first kappa shape index (κ1) is 18.8. The van der Waals surface area contributed by atoms with Crippen LogP contribution in [-0.2, 0) is 15.0 Å². The maximum absolute atomic E-state index is 12.8. The molecule has 1 atom stereocenters. The van der Waals surface area contributed by atoms with Crippen molar-refractivity contribution < 1.29 is 9.59 Å². The SMILES string of the molecule is CN1CCCCC1CC1(c2ccccc2)C(=O)NC(=S)NC1=O.Cl. The number of nitrogens with zero attached hydrogens (tertiary/aromatic N) is 1. The fourth-order valence-corrected chi connectivity index (χ4v) is 3.78. The predicted octanol–water partition coefficient (Wildman–Crippen LogP) is 1.75. The molecule has 0 aromatic heterocycles. The van der Waals surface area contributed by atoms with Crippen molar-refractivity contribution >= 4 is 41.6 Å². The molecule has 7 heteroatoms. The minimum absolute atomic E-state index is 0. The van der Waals surface area contributed by atoms with Crippen LogP contribution in [0.15, 0.2) is 30.3 Å². The van der Waals surface area contributed by atoms with E-state index < -0.39 is 5.41 Å². The van der Waals surface area contributed by atoms with E-state index in [-0.39, 0.29) is 35.4 Å². The van der Waals surface area contributed by atoms with Crippen LogP contribution in [0.5, 0.6) is 0 Å².